The molecular formula is C29H27N2OSi+. The summed E-state index contributed by atoms with van der Waals surface area (Å²) in [6, 6.07) is 23.2. The molecule has 0 saturated carbocycles. The third-order valence-corrected chi connectivity index (χ3v) is 8.49. The molecule has 0 radical (unpaired) electrons. The van der Waals surface area contributed by atoms with Crippen LogP contribution in [0.4, 0.5) is 5.69 Å². The zero-order valence-electron chi connectivity index (χ0n) is 19.7. The third kappa shape index (κ3) is 3.55. The fourth-order valence-electron chi connectivity index (χ4n) is 4.62. The van der Waals surface area contributed by atoms with Gasteiger partial charge in [-0.15, -0.1) is 0 Å². The molecule has 2 aromatic heterocycles. The molecule has 0 bridgehead atoms. The van der Waals surface area contributed by atoms with E-state index in [0.717, 1.165) is 44.3 Å². The summed E-state index contributed by atoms with van der Waals surface area (Å²) in [5.74, 6) is 0. The molecule has 0 aliphatic heterocycles. The van der Waals surface area contributed by atoms with Crippen LogP contribution in [0.2, 0.25) is 19.6 Å². The summed E-state index contributed by atoms with van der Waals surface area (Å²) < 4.78 is 8.63. The molecule has 162 valence electrons. The number of hydrogen-bond donors (Lipinski definition) is 0. The van der Waals surface area contributed by atoms with Gasteiger partial charge in [-0.25, -0.2) is 9.41 Å². The van der Waals surface area contributed by atoms with Crippen LogP contribution < -0.4 is 9.75 Å². The van der Waals surface area contributed by atoms with E-state index in [1.807, 2.05) is 24.3 Å². The number of rotatable bonds is 3. The standard InChI is InChI=1S/C29H27N2OSi/c1-19-17-23(20-10-13-22(14-11-20)33(4,5)6)28-24-18-21(30-2)12-15-26(24)32-29(28)27(19)25-9-7-8-16-31(25)3/h7-18H,1,3-6H3/q+1. The van der Waals surface area contributed by atoms with Crippen molar-refractivity contribution in [3.63, 3.8) is 0 Å². The lowest BCUT2D eigenvalue weighted by atomic mass is 9.92. The third-order valence-electron chi connectivity index (χ3n) is 6.43. The van der Waals surface area contributed by atoms with Gasteiger partial charge in [0.15, 0.2) is 11.9 Å². The van der Waals surface area contributed by atoms with Crippen LogP contribution in [-0.2, 0) is 7.05 Å². The van der Waals surface area contributed by atoms with Gasteiger partial charge in [-0.1, -0.05) is 55.2 Å². The maximum atomic E-state index is 7.51. The molecule has 3 nitrogen and oxygen atoms in total. The number of fused-ring (bicyclic) bond motifs is 3. The summed E-state index contributed by atoms with van der Waals surface area (Å²) in [5, 5.41) is 3.50. The molecule has 3 aromatic carbocycles. The van der Waals surface area contributed by atoms with Gasteiger partial charge in [-0.3, -0.25) is 0 Å². The Bertz CT molecular complexity index is 1560. The highest BCUT2D eigenvalue weighted by molar-refractivity contribution is 6.88. The van der Waals surface area contributed by atoms with Crippen LogP contribution in [0.5, 0.6) is 0 Å². The number of aryl methyl sites for hydroxylation is 2. The van der Waals surface area contributed by atoms with Crippen molar-refractivity contribution in [2.75, 3.05) is 0 Å². The monoisotopic (exact) mass is 447 g/mol. The molecule has 0 N–H and O–H groups in total. The molecule has 0 spiro atoms. The topological polar surface area (TPSA) is 21.4 Å². The first-order valence-electron chi connectivity index (χ1n) is 11.2. The maximum absolute atomic E-state index is 7.51. The molecule has 0 aliphatic rings. The first-order valence-corrected chi connectivity index (χ1v) is 14.7. The van der Waals surface area contributed by atoms with Gasteiger partial charge in [0.25, 0.3) is 0 Å². The molecule has 0 amide bonds. The van der Waals surface area contributed by atoms with Gasteiger partial charge in [-0.05, 0) is 47.9 Å². The van der Waals surface area contributed by atoms with Crippen LogP contribution in [0.25, 0.3) is 49.2 Å². The van der Waals surface area contributed by atoms with Crippen LogP contribution in [0.3, 0.4) is 0 Å². The molecule has 4 heteroatoms. The van der Waals surface area contributed by atoms with E-state index in [-0.39, 0.29) is 0 Å². The quantitative estimate of drug-likeness (QED) is 0.163. The Hall–Kier alpha value is -3.68. The first-order chi connectivity index (χ1) is 15.8. The molecule has 5 rings (SSSR count). The van der Waals surface area contributed by atoms with Crippen molar-refractivity contribution >= 4 is 40.9 Å². The molecule has 0 aliphatic carbocycles. The summed E-state index contributed by atoms with van der Waals surface area (Å²) in [7, 11) is 0.680. The molecule has 0 fully saturated rings. The Balaban J connectivity index is 1.88. The smallest absolute Gasteiger partial charge is 0.216 e. The van der Waals surface area contributed by atoms with E-state index in [1.165, 1.54) is 10.8 Å². The highest BCUT2D eigenvalue weighted by Crippen LogP contribution is 2.43. The SMILES string of the molecule is [C-]#[N+]c1ccc2oc3c(-c4cccc[n+]4C)c(C)cc(-c4ccc([Si](C)(C)C)cc4)c3c2c1. The molecule has 0 saturated heterocycles. The van der Waals surface area contributed by atoms with Gasteiger partial charge in [0.2, 0.25) is 5.69 Å². The first kappa shape index (κ1) is 21.2. The average Bonchev–Trinajstić information content (AvgIpc) is 3.17. The van der Waals surface area contributed by atoms with Crippen LogP contribution in [-0.4, -0.2) is 8.07 Å². The van der Waals surface area contributed by atoms with E-state index in [4.69, 9.17) is 11.0 Å². The zero-order chi connectivity index (χ0) is 23.3. The molecule has 2 heterocycles. The lowest BCUT2D eigenvalue weighted by molar-refractivity contribution is -0.660. The molecular weight excluding hydrogens is 420 g/mol. The number of furan rings is 1. The van der Waals surface area contributed by atoms with Crippen LogP contribution in [0.15, 0.2) is 77.3 Å². The minimum Gasteiger partial charge on any atom is -0.455 e. The summed E-state index contributed by atoms with van der Waals surface area (Å²) in [6.45, 7) is 16.8. The second kappa shape index (κ2) is 7.72. The average molecular weight is 448 g/mol. The number of aromatic nitrogens is 1. The van der Waals surface area contributed by atoms with Crippen molar-refractivity contribution in [2.24, 2.45) is 7.05 Å². The van der Waals surface area contributed by atoms with Gasteiger partial charge in [0, 0.05) is 22.9 Å². The van der Waals surface area contributed by atoms with Gasteiger partial charge >= 0.3 is 0 Å². The summed E-state index contributed by atoms with van der Waals surface area (Å²) >= 11 is 0. The van der Waals surface area contributed by atoms with Crippen molar-refractivity contribution in [2.45, 2.75) is 26.6 Å². The second-order valence-corrected chi connectivity index (χ2v) is 14.8. The predicted octanol–water partition coefficient (Wildman–Crippen LogP) is 7.15. The van der Waals surface area contributed by atoms with E-state index in [0.29, 0.717) is 5.69 Å². The van der Waals surface area contributed by atoms with E-state index in [9.17, 15) is 0 Å². The van der Waals surface area contributed by atoms with E-state index >= 15 is 0 Å². The van der Waals surface area contributed by atoms with Gasteiger partial charge < -0.3 is 4.42 Å². The van der Waals surface area contributed by atoms with Crippen molar-refractivity contribution in [1.29, 1.82) is 0 Å². The normalized spacial score (nSPS) is 11.8. The van der Waals surface area contributed by atoms with Crippen LogP contribution in [0.1, 0.15) is 5.56 Å². The number of pyridine rings is 1. The molecule has 5 aromatic rings. The van der Waals surface area contributed by atoms with Crippen molar-refractivity contribution in [3.8, 4) is 22.4 Å². The summed E-state index contributed by atoms with van der Waals surface area (Å²) in [6.07, 6.45) is 2.06. The Morgan fingerprint density at radius 1 is 0.939 bits per heavy atom. The second-order valence-electron chi connectivity index (χ2n) is 9.74. The van der Waals surface area contributed by atoms with Crippen molar-refractivity contribution in [3.05, 3.63) is 89.9 Å². The summed E-state index contributed by atoms with van der Waals surface area (Å²) in [4.78, 5) is 3.67. The zero-order valence-corrected chi connectivity index (χ0v) is 20.7. The van der Waals surface area contributed by atoms with Crippen molar-refractivity contribution < 1.29 is 8.98 Å². The molecule has 0 unspecified atom stereocenters. The Kier molecular flexibility index (Phi) is 4.95. The Morgan fingerprint density at radius 2 is 1.70 bits per heavy atom. The fourth-order valence-corrected chi connectivity index (χ4v) is 5.78. The van der Waals surface area contributed by atoms with Crippen LogP contribution in [0, 0.1) is 13.5 Å². The highest BCUT2D eigenvalue weighted by atomic mass is 28.3. The Labute approximate surface area is 195 Å². The number of nitrogens with zero attached hydrogens (tertiary/aromatic N) is 2. The van der Waals surface area contributed by atoms with E-state index in [1.54, 1.807) is 0 Å². The highest BCUT2D eigenvalue weighted by Gasteiger charge is 2.24. The maximum Gasteiger partial charge on any atom is 0.216 e. The largest absolute Gasteiger partial charge is 0.455 e. The van der Waals surface area contributed by atoms with Gasteiger partial charge in [-0.2, -0.15) is 0 Å². The predicted molar refractivity (Wildman–Crippen MR) is 140 cm³/mol. The van der Waals surface area contributed by atoms with Crippen LogP contribution >= 0.6 is 0 Å². The Morgan fingerprint density at radius 3 is 2.36 bits per heavy atom. The minimum absolute atomic E-state index is 0.623. The summed E-state index contributed by atoms with van der Waals surface area (Å²) in [5.41, 5.74) is 7.98. The van der Waals surface area contributed by atoms with E-state index < -0.39 is 8.07 Å². The lowest BCUT2D eigenvalue weighted by Gasteiger charge is -2.17. The molecule has 0 atom stereocenters. The van der Waals surface area contributed by atoms with Gasteiger partial charge in [0.1, 0.15) is 18.2 Å². The van der Waals surface area contributed by atoms with E-state index in [2.05, 4.69) is 91.7 Å². The number of hydrogen-bond acceptors (Lipinski definition) is 1. The number of benzene rings is 3. The minimum atomic E-state index is -1.38. The van der Waals surface area contributed by atoms with Crippen molar-refractivity contribution in [1.82, 2.24) is 0 Å². The van der Waals surface area contributed by atoms with Gasteiger partial charge in [0.05, 0.1) is 20.2 Å². The lowest BCUT2D eigenvalue weighted by Crippen LogP contribution is -2.37. The molecule has 33 heavy (non-hydrogen) atoms. The fraction of sp³-hybridized carbons (Fsp3) is 0.172.